The lowest BCUT2D eigenvalue weighted by Crippen LogP contribution is -2.34. The summed E-state index contributed by atoms with van der Waals surface area (Å²) in [6.45, 7) is 4.59. The van der Waals surface area contributed by atoms with Crippen LogP contribution in [-0.2, 0) is 0 Å². The molecule has 86 valence electrons. The molecular weight excluding hydrogens is 202 g/mol. The Balaban J connectivity index is 1.99. The Kier molecular flexibility index (Phi) is 3.49. The highest BCUT2D eigenvalue weighted by Gasteiger charge is 2.20. The first-order valence-electron chi connectivity index (χ1n) is 5.76. The number of hydrogen-bond acceptors (Lipinski definition) is 4. The lowest BCUT2D eigenvalue weighted by atomic mass is 9.96. The van der Waals surface area contributed by atoms with Crippen LogP contribution in [-0.4, -0.2) is 24.6 Å². The molecule has 0 atom stereocenters. The molecule has 0 N–H and O–H groups in total. The number of nitroso groups, excluding NO2 is 1. The third kappa shape index (κ3) is 2.38. The first-order chi connectivity index (χ1) is 7.81. The maximum Gasteiger partial charge on any atom is 0.0840 e. The second kappa shape index (κ2) is 5.05. The summed E-state index contributed by atoms with van der Waals surface area (Å²) >= 11 is 0. The fraction of sp³-hybridized carbons (Fsp3) is 0.583. The summed E-state index contributed by atoms with van der Waals surface area (Å²) in [4.78, 5) is 16.7. The summed E-state index contributed by atoms with van der Waals surface area (Å²) in [5, 5.41) is 2.99. The van der Waals surface area contributed by atoms with Gasteiger partial charge in [0.25, 0.3) is 0 Å². The lowest BCUT2D eigenvalue weighted by molar-refractivity contribution is 0.414. The van der Waals surface area contributed by atoms with Gasteiger partial charge >= 0.3 is 0 Å². The van der Waals surface area contributed by atoms with E-state index in [4.69, 9.17) is 0 Å². The van der Waals surface area contributed by atoms with Gasteiger partial charge in [-0.1, -0.05) is 5.18 Å². The van der Waals surface area contributed by atoms with Crippen LogP contribution in [0.4, 0.5) is 5.69 Å². The summed E-state index contributed by atoms with van der Waals surface area (Å²) in [6, 6.07) is 2.04. The highest BCUT2D eigenvalue weighted by Crippen LogP contribution is 2.25. The molecule has 1 aromatic rings. The Hall–Kier alpha value is -1.45. The highest BCUT2D eigenvalue weighted by atomic mass is 16.3. The zero-order chi connectivity index (χ0) is 11.4. The van der Waals surface area contributed by atoms with Gasteiger partial charge in [0.2, 0.25) is 0 Å². The molecule has 4 heteroatoms. The Labute approximate surface area is 95.7 Å². The zero-order valence-electron chi connectivity index (χ0n) is 9.59. The SMILES string of the molecule is Cc1ccncc1N1CCC(CN=O)CC1. The van der Waals surface area contributed by atoms with Gasteiger partial charge in [-0.05, 0) is 37.3 Å². The molecule has 1 aromatic heterocycles. The van der Waals surface area contributed by atoms with E-state index in [1.54, 1.807) is 0 Å². The standard InChI is InChI=1S/C12H17N3O/c1-10-2-5-13-9-12(10)15-6-3-11(4-7-15)8-14-16/h2,5,9,11H,3-4,6-8H2,1H3. The van der Waals surface area contributed by atoms with Gasteiger partial charge in [0.15, 0.2) is 0 Å². The molecule has 1 aliphatic heterocycles. The van der Waals surface area contributed by atoms with Gasteiger partial charge in [0.1, 0.15) is 0 Å². The van der Waals surface area contributed by atoms with Crippen molar-refractivity contribution >= 4 is 5.69 Å². The maximum absolute atomic E-state index is 10.2. The van der Waals surface area contributed by atoms with Crippen LogP contribution in [0.2, 0.25) is 0 Å². The van der Waals surface area contributed by atoms with E-state index in [2.05, 4.69) is 22.0 Å². The van der Waals surface area contributed by atoms with Crippen molar-refractivity contribution in [3.05, 3.63) is 28.9 Å². The molecule has 0 aromatic carbocycles. The number of aromatic nitrogens is 1. The smallest absolute Gasteiger partial charge is 0.0840 e. The molecule has 0 bridgehead atoms. The van der Waals surface area contributed by atoms with Gasteiger partial charge in [0, 0.05) is 19.3 Å². The van der Waals surface area contributed by atoms with Gasteiger partial charge in [0.05, 0.1) is 18.4 Å². The fourth-order valence-electron chi connectivity index (χ4n) is 2.25. The van der Waals surface area contributed by atoms with Gasteiger partial charge in [-0.3, -0.25) is 4.98 Å². The van der Waals surface area contributed by atoms with E-state index in [0.717, 1.165) is 25.9 Å². The van der Waals surface area contributed by atoms with Crippen molar-refractivity contribution in [1.29, 1.82) is 0 Å². The van der Waals surface area contributed by atoms with Gasteiger partial charge in [-0.2, -0.15) is 4.91 Å². The molecule has 0 saturated carbocycles. The second-order valence-corrected chi connectivity index (χ2v) is 4.40. The van der Waals surface area contributed by atoms with E-state index in [1.807, 2.05) is 18.5 Å². The van der Waals surface area contributed by atoms with Crippen molar-refractivity contribution in [2.24, 2.45) is 11.1 Å². The van der Waals surface area contributed by atoms with Crippen molar-refractivity contribution < 1.29 is 0 Å². The minimum absolute atomic E-state index is 0.472. The van der Waals surface area contributed by atoms with E-state index in [-0.39, 0.29) is 0 Å². The molecule has 16 heavy (non-hydrogen) atoms. The number of piperidine rings is 1. The van der Waals surface area contributed by atoms with Crippen LogP contribution in [0.25, 0.3) is 0 Å². The molecule has 2 heterocycles. The summed E-state index contributed by atoms with van der Waals surface area (Å²) in [5.41, 5.74) is 2.49. The Morgan fingerprint density at radius 3 is 2.88 bits per heavy atom. The minimum Gasteiger partial charge on any atom is -0.370 e. The Morgan fingerprint density at radius 2 is 2.25 bits per heavy atom. The third-order valence-corrected chi connectivity index (χ3v) is 3.30. The average molecular weight is 219 g/mol. The van der Waals surface area contributed by atoms with Crippen LogP contribution >= 0.6 is 0 Å². The maximum atomic E-state index is 10.2. The van der Waals surface area contributed by atoms with Crippen molar-refractivity contribution in [2.75, 3.05) is 24.5 Å². The molecule has 2 rings (SSSR count). The minimum atomic E-state index is 0.472. The Morgan fingerprint density at radius 1 is 1.50 bits per heavy atom. The zero-order valence-corrected chi connectivity index (χ0v) is 9.59. The summed E-state index contributed by atoms with van der Waals surface area (Å²) in [6.07, 6.45) is 5.86. The van der Waals surface area contributed by atoms with Gasteiger partial charge in [-0.25, -0.2) is 0 Å². The Bertz CT molecular complexity index is 359. The topological polar surface area (TPSA) is 45.6 Å². The van der Waals surface area contributed by atoms with Crippen LogP contribution in [0.15, 0.2) is 23.6 Å². The van der Waals surface area contributed by atoms with Gasteiger partial charge in [-0.15, -0.1) is 0 Å². The summed E-state index contributed by atoms with van der Waals surface area (Å²) < 4.78 is 0. The molecule has 0 aliphatic carbocycles. The highest BCUT2D eigenvalue weighted by molar-refractivity contribution is 5.51. The van der Waals surface area contributed by atoms with Crippen LogP contribution in [0, 0.1) is 17.7 Å². The number of pyridine rings is 1. The van der Waals surface area contributed by atoms with Crippen molar-refractivity contribution in [1.82, 2.24) is 4.98 Å². The first kappa shape index (κ1) is 11.0. The number of hydrogen-bond donors (Lipinski definition) is 0. The molecule has 4 nitrogen and oxygen atoms in total. The summed E-state index contributed by atoms with van der Waals surface area (Å²) in [5.74, 6) is 0.478. The molecule has 0 radical (unpaired) electrons. The predicted molar refractivity (Wildman–Crippen MR) is 64.6 cm³/mol. The summed E-state index contributed by atoms with van der Waals surface area (Å²) in [7, 11) is 0. The third-order valence-electron chi connectivity index (χ3n) is 3.30. The first-order valence-corrected chi connectivity index (χ1v) is 5.76. The number of nitrogens with zero attached hydrogens (tertiary/aromatic N) is 3. The van der Waals surface area contributed by atoms with Crippen LogP contribution < -0.4 is 4.90 Å². The number of rotatable bonds is 3. The van der Waals surface area contributed by atoms with Crippen molar-refractivity contribution in [3.8, 4) is 0 Å². The molecule has 1 saturated heterocycles. The molecular formula is C12H17N3O. The van der Waals surface area contributed by atoms with Crippen molar-refractivity contribution in [3.63, 3.8) is 0 Å². The van der Waals surface area contributed by atoms with E-state index in [1.165, 1.54) is 11.3 Å². The quantitative estimate of drug-likeness (QED) is 0.733. The van der Waals surface area contributed by atoms with E-state index in [0.29, 0.717) is 12.5 Å². The molecule has 1 fully saturated rings. The van der Waals surface area contributed by atoms with E-state index < -0.39 is 0 Å². The molecule has 0 spiro atoms. The van der Waals surface area contributed by atoms with Crippen molar-refractivity contribution in [2.45, 2.75) is 19.8 Å². The van der Waals surface area contributed by atoms with Gasteiger partial charge < -0.3 is 4.90 Å². The van der Waals surface area contributed by atoms with E-state index in [9.17, 15) is 4.91 Å². The number of anilines is 1. The normalized spacial score (nSPS) is 17.4. The van der Waals surface area contributed by atoms with Crippen LogP contribution in [0.5, 0.6) is 0 Å². The number of aryl methyl sites for hydroxylation is 1. The monoisotopic (exact) mass is 219 g/mol. The molecule has 1 aliphatic rings. The predicted octanol–water partition coefficient (Wildman–Crippen LogP) is 2.37. The average Bonchev–Trinajstić information content (AvgIpc) is 2.31. The molecule has 0 amide bonds. The lowest BCUT2D eigenvalue weighted by Gasteiger charge is -2.33. The van der Waals surface area contributed by atoms with Crippen LogP contribution in [0.1, 0.15) is 18.4 Å². The van der Waals surface area contributed by atoms with E-state index >= 15 is 0 Å². The van der Waals surface area contributed by atoms with Crippen LogP contribution in [0.3, 0.4) is 0 Å². The fourth-order valence-corrected chi connectivity index (χ4v) is 2.25. The largest absolute Gasteiger partial charge is 0.370 e. The second-order valence-electron chi connectivity index (χ2n) is 4.40. The molecule has 0 unspecified atom stereocenters.